The predicted molar refractivity (Wildman–Crippen MR) is 166 cm³/mol. The number of aromatic nitrogens is 3. The summed E-state index contributed by atoms with van der Waals surface area (Å²) in [5, 5.41) is 0. The van der Waals surface area contributed by atoms with Crippen LogP contribution in [0.3, 0.4) is 0 Å². The quantitative estimate of drug-likeness (QED) is 0.232. The number of pyridine rings is 1. The zero-order valence-electron chi connectivity index (χ0n) is 26.7. The van der Waals surface area contributed by atoms with Crippen LogP contribution in [0.15, 0.2) is 42.9 Å². The Bertz CT molecular complexity index is 1380. The lowest BCUT2D eigenvalue weighted by atomic mass is 9.82. The molecule has 1 fully saturated rings. The number of rotatable bonds is 10. The summed E-state index contributed by atoms with van der Waals surface area (Å²) in [7, 11) is 0. The molecule has 1 saturated heterocycles. The van der Waals surface area contributed by atoms with Gasteiger partial charge in [-0.2, -0.15) is 0 Å². The van der Waals surface area contributed by atoms with E-state index in [1.165, 1.54) is 12.1 Å². The van der Waals surface area contributed by atoms with E-state index in [1.807, 2.05) is 41.5 Å². The molecule has 0 amide bonds. The standard InChI is InChI=1S/C34H45FN4O4/c1-22(2)42-32(40)31(43-33(4,5)6)29-23(3)36-19-26(30(29)39-16-14-34(7,8)15-17-39)27-20-38-28(21-37-27)41-18-13-24-9-11-25(35)12-10-24/h9-12,19-22,31H,13-18H2,1-8H3/t31-/m0/s1. The number of hydrogen-bond donors (Lipinski definition) is 0. The van der Waals surface area contributed by atoms with Crippen molar-refractivity contribution in [1.82, 2.24) is 15.0 Å². The lowest BCUT2D eigenvalue weighted by molar-refractivity contribution is -0.171. The molecule has 0 unspecified atom stereocenters. The highest BCUT2D eigenvalue weighted by molar-refractivity contribution is 5.86. The number of benzene rings is 1. The van der Waals surface area contributed by atoms with Crippen molar-refractivity contribution >= 4 is 11.7 Å². The summed E-state index contributed by atoms with van der Waals surface area (Å²) in [4.78, 5) is 29.9. The summed E-state index contributed by atoms with van der Waals surface area (Å²) in [6, 6.07) is 6.36. The van der Waals surface area contributed by atoms with Gasteiger partial charge in [0, 0.05) is 42.5 Å². The Morgan fingerprint density at radius 1 is 1.02 bits per heavy atom. The molecule has 2 aromatic heterocycles. The van der Waals surface area contributed by atoms with Crippen molar-refractivity contribution in [3.63, 3.8) is 0 Å². The second-order valence-corrected chi connectivity index (χ2v) is 13.2. The van der Waals surface area contributed by atoms with Gasteiger partial charge in [0.15, 0.2) is 6.10 Å². The zero-order valence-corrected chi connectivity index (χ0v) is 26.7. The largest absolute Gasteiger partial charge is 0.476 e. The summed E-state index contributed by atoms with van der Waals surface area (Å²) in [6.45, 7) is 17.9. The lowest BCUT2D eigenvalue weighted by Gasteiger charge is -2.41. The van der Waals surface area contributed by atoms with Crippen LogP contribution in [0.2, 0.25) is 0 Å². The summed E-state index contributed by atoms with van der Waals surface area (Å²) in [5.74, 6) is -0.316. The summed E-state index contributed by atoms with van der Waals surface area (Å²) in [5.41, 5.74) is 4.24. The van der Waals surface area contributed by atoms with E-state index in [1.54, 1.807) is 30.7 Å². The van der Waals surface area contributed by atoms with Crippen LogP contribution in [-0.2, 0) is 20.7 Å². The first-order chi connectivity index (χ1) is 20.2. The van der Waals surface area contributed by atoms with Gasteiger partial charge in [0.2, 0.25) is 5.88 Å². The molecule has 0 N–H and O–H groups in total. The van der Waals surface area contributed by atoms with Crippen molar-refractivity contribution in [3.8, 4) is 17.1 Å². The third-order valence-electron chi connectivity index (χ3n) is 7.48. The number of carbonyl (C=O) groups excluding carboxylic acids is 1. The van der Waals surface area contributed by atoms with Crippen LogP contribution in [0.4, 0.5) is 10.1 Å². The lowest BCUT2D eigenvalue weighted by Crippen LogP contribution is -2.39. The number of carbonyl (C=O) groups is 1. The van der Waals surface area contributed by atoms with Gasteiger partial charge < -0.3 is 19.1 Å². The third kappa shape index (κ3) is 8.72. The molecule has 0 spiro atoms. The molecule has 0 radical (unpaired) electrons. The molecule has 0 aliphatic carbocycles. The van der Waals surface area contributed by atoms with Crippen molar-refractivity contribution in [3.05, 3.63) is 65.5 Å². The summed E-state index contributed by atoms with van der Waals surface area (Å²) >= 11 is 0. The van der Waals surface area contributed by atoms with Crippen LogP contribution in [0.1, 0.15) is 84.2 Å². The fourth-order valence-corrected chi connectivity index (χ4v) is 5.11. The molecule has 1 aromatic carbocycles. The Morgan fingerprint density at radius 2 is 1.70 bits per heavy atom. The van der Waals surface area contributed by atoms with Crippen LogP contribution in [0, 0.1) is 18.2 Å². The first kappa shape index (κ1) is 32.3. The van der Waals surface area contributed by atoms with E-state index in [2.05, 4.69) is 23.7 Å². The fraction of sp³-hybridized carbons (Fsp3) is 0.529. The number of piperidine rings is 1. The first-order valence-corrected chi connectivity index (χ1v) is 15.0. The van der Waals surface area contributed by atoms with Gasteiger partial charge in [-0.25, -0.2) is 19.2 Å². The molecule has 232 valence electrons. The number of anilines is 1. The molecular weight excluding hydrogens is 547 g/mol. The molecule has 3 heterocycles. The smallest absolute Gasteiger partial charge is 0.340 e. The summed E-state index contributed by atoms with van der Waals surface area (Å²) in [6.07, 6.45) is 6.42. The Hall–Kier alpha value is -3.59. The molecule has 4 rings (SSSR count). The Morgan fingerprint density at radius 3 is 2.28 bits per heavy atom. The Labute approximate surface area is 255 Å². The van der Waals surface area contributed by atoms with Gasteiger partial charge in [0.05, 0.1) is 42.1 Å². The average Bonchev–Trinajstić information content (AvgIpc) is 2.92. The maximum atomic E-state index is 13.6. The van der Waals surface area contributed by atoms with E-state index >= 15 is 0 Å². The normalized spacial score (nSPS) is 15.8. The number of hydrogen-bond acceptors (Lipinski definition) is 8. The van der Waals surface area contributed by atoms with E-state index in [0.717, 1.165) is 42.7 Å². The molecule has 43 heavy (non-hydrogen) atoms. The molecule has 9 heteroatoms. The number of ether oxygens (including phenoxy) is 3. The van der Waals surface area contributed by atoms with Crippen LogP contribution in [-0.4, -0.2) is 52.3 Å². The van der Waals surface area contributed by atoms with Crippen molar-refractivity contribution < 1.29 is 23.4 Å². The predicted octanol–water partition coefficient (Wildman–Crippen LogP) is 7.04. The van der Waals surface area contributed by atoms with Crippen LogP contribution in [0.25, 0.3) is 11.3 Å². The second kappa shape index (κ2) is 13.4. The number of nitrogens with zero attached hydrogens (tertiary/aromatic N) is 4. The third-order valence-corrected chi connectivity index (χ3v) is 7.48. The van der Waals surface area contributed by atoms with Crippen molar-refractivity contribution in [2.24, 2.45) is 5.41 Å². The minimum Gasteiger partial charge on any atom is -0.476 e. The monoisotopic (exact) mass is 592 g/mol. The number of halogens is 1. The van der Waals surface area contributed by atoms with Gasteiger partial charge in [-0.15, -0.1) is 0 Å². The van der Waals surface area contributed by atoms with Crippen LogP contribution >= 0.6 is 0 Å². The minimum absolute atomic E-state index is 0.226. The zero-order chi connectivity index (χ0) is 31.4. The maximum Gasteiger partial charge on any atom is 0.340 e. The van der Waals surface area contributed by atoms with Gasteiger partial charge in [0.1, 0.15) is 5.82 Å². The molecule has 0 bridgehead atoms. The summed E-state index contributed by atoms with van der Waals surface area (Å²) < 4.78 is 31.2. The van der Waals surface area contributed by atoms with E-state index in [-0.39, 0.29) is 17.3 Å². The molecule has 0 saturated carbocycles. The van der Waals surface area contributed by atoms with E-state index in [4.69, 9.17) is 24.2 Å². The molecule has 1 aliphatic rings. The van der Waals surface area contributed by atoms with Crippen LogP contribution < -0.4 is 9.64 Å². The van der Waals surface area contributed by atoms with E-state index < -0.39 is 17.7 Å². The Kier molecular flexibility index (Phi) is 10.1. The molecule has 1 aliphatic heterocycles. The highest BCUT2D eigenvalue weighted by Crippen LogP contribution is 2.43. The van der Waals surface area contributed by atoms with E-state index in [0.29, 0.717) is 35.9 Å². The highest BCUT2D eigenvalue weighted by Gasteiger charge is 2.37. The Balaban J connectivity index is 1.71. The number of aryl methyl sites for hydroxylation is 1. The minimum atomic E-state index is -0.971. The van der Waals surface area contributed by atoms with Gasteiger partial charge in [0.25, 0.3) is 0 Å². The van der Waals surface area contributed by atoms with Crippen molar-refractivity contribution in [2.45, 2.75) is 92.5 Å². The highest BCUT2D eigenvalue weighted by atomic mass is 19.1. The van der Waals surface area contributed by atoms with Gasteiger partial charge in [-0.05, 0) is 77.5 Å². The average molecular weight is 593 g/mol. The van der Waals surface area contributed by atoms with Crippen molar-refractivity contribution in [1.29, 1.82) is 0 Å². The maximum absolute atomic E-state index is 13.6. The second-order valence-electron chi connectivity index (χ2n) is 13.2. The van der Waals surface area contributed by atoms with Crippen LogP contribution in [0.5, 0.6) is 5.88 Å². The topological polar surface area (TPSA) is 86.7 Å². The van der Waals surface area contributed by atoms with E-state index in [9.17, 15) is 9.18 Å². The molecule has 3 aromatic rings. The first-order valence-electron chi connectivity index (χ1n) is 15.0. The van der Waals surface area contributed by atoms with Gasteiger partial charge >= 0.3 is 5.97 Å². The molecule has 8 nitrogen and oxygen atoms in total. The SMILES string of the molecule is Cc1ncc(-c2cnc(OCCc3ccc(F)cc3)cn2)c(N2CCC(C)(C)CC2)c1[C@H](OC(C)(C)C)C(=O)OC(C)C. The number of esters is 1. The molecular formula is C34H45FN4O4. The van der Waals surface area contributed by atoms with Crippen molar-refractivity contribution in [2.75, 3.05) is 24.6 Å². The van der Waals surface area contributed by atoms with Gasteiger partial charge in [-0.3, -0.25) is 4.98 Å². The molecule has 1 atom stereocenters. The fourth-order valence-electron chi connectivity index (χ4n) is 5.11. The van der Waals surface area contributed by atoms with Gasteiger partial charge in [-0.1, -0.05) is 26.0 Å².